The first kappa shape index (κ1) is 16.4. The standard InChI is InChI=1S/C17H27NO3/c1-2-18(11-15-7-4-3-5-8-15)12-16(19)13-20-14-17-9-6-10-21-17/h3-5,7-8,16-17,19H,2,6,9-14H2,1H3. The maximum absolute atomic E-state index is 10.1. The monoisotopic (exact) mass is 293 g/mol. The highest BCUT2D eigenvalue weighted by atomic mass is 16.5. The van der Waals surface area contributed by atoms with E-state index in [4.69, 9.17) is 9.47 Å². The number of aliphatic hydroxyl groups excluding tert-OH is 1. The Morgan fingerprint density at radius 3 is 2.86 bits per heavy atom. The zero-order valence-electron chi connectivity index (χ0n) is 12.9. The molecular weight excluding hydrogens is 266 g/mol. The van der Waals surface area contributed by atoms with Gasteiger partial charge in [-0.15, -0.1) is 0 Å². The second kappa shape index (κ2) is 9.15. The zero-order valence-corrected chi connectivity index (χ0v) is 12.9. The molecule has 0 aliphatic carbocycles. The average Bonchev–Trinajstić information content (AvgIpc) is 3.01. The lowest BCUT2D eigenvalue weighted by atomic mass is 10.2. The molecule has 0 bridgehead atoms. The van der Waals surface area contributed by atoms with Crippen LogP contribution < -0.4 is 0 Å². The first-order valence-electron chi connectivity index (χ1n) is 7.91. The maximum atomic E-state index is 10.1. The molecule has 1 aliphatic heterocycles. The summed E-state index contributed by atoms with van der Waals surface area (Å²) in [6, 6.07) is 10.3. The second-order valence-corrected chi connectivity index (χ2v) is 5.64. The Morgan fingerprint density at radius 1 is 1.38 bits per heavy atom. The third kappa shape index (κ3) is 6.14. The summed E-state index contributed by atoms with van der Waals surface area (Å²) in [4.78, 5) is 2.23. The molecular formula is C17H27NO3. The maximum Gasteiger partial charge on any atom is 0.0900 e. The fourth-order valence-corrected chi connectivity index (χ4v) is 2.61. The van der Waals surface area contributed by atoms with E-state index < -0.39 is 6.10 Å². The van der Waals surface area contributed by atoms with E-state index in [0.29, 0.717) is 19.8 Å². The number of rotatable bonds is 9. The molecule has 1 heterocycles. The molecule has 0 radical (unpaired) electrons. The Labute approximate surface area is 127 Å². The van der Waals surface area contributed by atoms with Crippen LogP contribution in [-0.2, 0) is 16.0 Å². The van der Waals surface area contributed by atoms with Gasteiger partial charge in [-0.1, -0.05) is 37.3 Å². The molecule has 1 aromatic rings. The minimum Gasteiger partial charge on any atom is -0.389 e. The van der Waals surface area contributed by atoms with E-state index in [2.05, 4.69) is 24.0 Å². The van der Waals surface area contributed by atoms with Gasteiger partial charge in [0.05, 0.1) is 25.4 Å². The summed E-state index contributed by atoms with van der Waals surface area (Å²) >= 11 is 0. The van der Waals surface area contributed by atoms with Crippen molar-refractivity contribution in [2.45, 2.75) is 38.5 Å². The summed E-state index contributed by atoms with van der Waals surface area (Å²) in [6.45, 7) is 6.35. The van der Waals surface area contributed by atoms with Crippen molar-refractivity contribution in [3.8, 4) is 0 Å². The molecule has 118 valence electrons. The number of nitrogens with zero attached hydrogens (tertiary/aromatic N) is 1. The fraction of sp³-hybridized carbons (Fsp3) is 0.647. The van der Waals surface area contributed by atoms with Crippen molar-refractivity contribution in [1.29, 1.82) is 0 Å². The Kier molecular flexibility index (Phi) is 7.16. The first-order chi connectivity index (χ1) is 10.3. The largest absolute Gasteiger partial charge is 0.389 e. The van der Waals surface area contributed by atoms with Crippen molar-refractivity contribution in [1.82, 2.24) is 4.90 Å². The molecule has 2 atom stereocenters. The molecule has 2 unspecified atom stereocenters. The number of likely N-dealkylation sites (N-methyl/N-ethyl adjacent to an activating group) is 1. The average molecular weight is 293 g/mol. The predicted octanol–water partition coefficient (Wildman–Crippen LogP) is 2.06. The van der Waals surface area contributed by atoms with Crippen LogP contribution in [0.2, 0.25) is 0 Å². The van der Waals surface area contributed by atoms with Gasteiger partial charge in [0.15, 0.2) is 0 Å². The van der Waals surface area contributed by atoms with Crippen molar-refractivity contribution < 1.29 is 14.6 Å². The molecule has 0 amide bonds. The first-order valence-corrected chi connectivity index (χ1v) is 7.91. The Bertz CT molecular complexity index is 379. The third-order valence-electron chi connectivity index (χ3n) is 3.80. The number of hydrogen-bond acceptors (Lipinski definition) is 4. The molecule has 2 rings (SSSR count). The lowest BCUT2D eigenvalue weighted by molar-refractivity contribution is -0.0254. The van der Waals surface area contributed by atoms with Gasteiger partial charge in [-0.2, -0.15) is 0 Å². The van der Waals surface area contributed by atoms with Gasteiger partial charge >= 0.3 is 0 Å². The van der Waals surface area contributed by atoms with Crippen molar-refractivity contribution in [3.63, 3.8) is 0 Å². The quantitative estimate of drug-likeness (QED) is 0.757. The van der Waals surface area contributed by atoms with Gasteiger partial charge in [0.2, 0.25) is 0 Å². The SMILES string of the molecule is CCN(Cc1ccccc1)CC(O)COCC1CCCO1. The molecule has 0 aromatic heterocycles. The van der Waals surface area contributed by atoms with Crippen molar-refractivity contribution >= 4 is 0 Å². The molecule has 1 fully saturated rings. The Hall–Kier alpha value is -0.940. The third-order valence-corrected chi connectivity index (χ3v) is 3.80. The minimum absolute atomic E-state index is 0.226. The van der Waals surface area contributed by atoms with Crippen LogP contribution in [0.1, 0.15) is 25.3 Å². The van der Waals surface area contributed by atoms with Crippen LogP contribution >= 0.6 is 0 Å². The molecule has 21 heavy (non-hydrogen) atoms. The highest BCUT2D eigenvalue weighted by Gasteiger charge is 2.17. The lowest BCUT2D eigenvalue weighted by Gasteiger charge is -2.24. The Morgan fingerprint density at radius 2 is 2.19 bits per heavy atom. The smallest absolute Gasteiger partial charge is 0.0900 e. The van der Waals surface area contributed by atoms with E-state index in [-0.39, 0.29) is 6.10 Å². The van der Waals surface area contributed by atoms with Crippen LogP contribution in [0.4, 0.5) is 0 Å². The van der Waals surface area contributed by atoms with Crippen LogP contribution in [0.15, 0.2) is 30.3 Å². The van der Waals surface area contributed by atoms with E-state index in [9.17, 15) is 5.11 Å². The van der Waals surface area contributed by atoms with E-state index in [1.54, 1.807) is 0 Å². The summed E-state index contributed by atoms with van der Waals surface area (Å²) in [5, 5.41) is 10.1. The minimum atomic E-state index is -0.449. The molecule has 1 N–H and O–H groups in total. The van der Waals surface area contributed by atoms with Crippen molar-refractivity contribution in [2.24, 2.45) is 0 Å². The van der Waals surface area contributed by atoms with Gasteiger partial charge in [0, 0.05) is 19.7 Å². The van der Waals surface area contributed by atoms with Gasteiger partial charge in [0.25, 0.3) is 0 Å². The van der Waals surface area contributed by atoms with Gasteiger partial charge in [0.1, 0.15) is 0 Å². The molecule has 0 spiro atoms. The molecule has 0 saturated carbocycles. The Balaban J connectivity index is 1.65. The van der Waals surface area contributed by atoms with Crippen LogP contribution in [0.5, 0.6) is 0 Å². The molecule has 1 saturated heterocycles. The highest BCUT2D eigenvalue weighted by molar-refractivity contribution is 5.14. The fourth-order valence-electron chi connectivity index (χ4n) is 2.61. The van der Waals surface area contributed by atoms with E-state index in [1.807, 2.05) is 18.2 Å². The van der Waals surface area contributed by atoms with Gasteiger partial charge in [-0.05, 0) is 24.9 Å². The van der Waals surface area contributed by atoms with Crippen LogP contribution in [0, 0.1) is 0 Å². The molecule has 1 aromatic carbocycles. The van der Waals surface area contributed by atoms with Gasteiger partial charge in [-0.25, -0.2) is 0 Å². The summed E-state index contributed by atoms with van der Waals surface area (Å²) in [5.74, 6) is 0. The molecule has 4 heteroatoms. The summed E-state index contributed by atoms with van der Waals surface area (Å²) < 4.78 is 11.1. The normalized spacial score (nSPS) is 20.0. The van der Waals surface area contributed by atoms with Gasteiger partial charge < -0.3 is 14.6 Å². The number of aliphatic hydroxyl groups is 1. The number of ether oxygens (including phenoxy) is 2. The van der Waals surface area contributed by atoms with Crippen LogP contribution in [-0.4, -0.2) is 55.1 Å². The highest BCUT2D eigenvalue weighted by Crippen LogP contribution is 2.12. The van der Waals surface area contributed by atoms with E-state index >= 15 is 0 Å². The van der Waals surface area contributed by atoms with Crippen LogP contribution in [0.25, 0.3) is 0 Å². The van der Waals surface area contributed by atoms with Crippen molar-refractivity contribution in [3.05, 3.63) is 35.9 Å². The summed E-state index contributed by atoms with van der Waals surface area (Å²) in [7, 11) is 0. The van der Waals surface area contributed by atoms with Crippen molar-refractivity contribution in [2.75, 3.05) is 32.9 Å². The van der Waals surface area contributed by atoms with Crippen LogP contribution in [0.3, 0.4) is 0 Å². The predicted molar refractivity (Wildman–Crippen MR) is 83.2 cm³/mol. The second-order valence-electron chi connectivity index (χ2n) is 5.64. The lowest BCUT2D eigenvalue weighted by Crippen LogP contribution is -2.35. The molecule has 1 aliphatic rings. The summed E-state index contributed by atoms with van der Waals surface area (Å²) in [5.41, 5.74) is 1.27. The number of benzene rings is 1. The number of hydrogen-bond donors (Lipinski definition) is 1. The van der Waals surface area contributed by atoms with E-state index in [0.717, 1.165) is 32.5 Å². The van der Waals surface area contributed by atoms with Gasteiger partial charge in [-0.3, -0.25) is 4.90 Å². The zero-order chi connectivity index (χ0) is 14.9. The summed E-state index contributed by atoms with van der Waals surface area (Å²) in [6.07, 6.45) is 1.97. The molecule has 4 nitrogen and oxygen atoms in total. The topological polar surface area (TPSA) is 41.9 Å². The van der Waals surface area contributed by atoms with E-state index in [1.165, 1.54) is 5.56 Å².